The smallest absolute Gasteiger partial charge is 0.239 e. The van der Waals surface area contributed by atoms with Crippen LogP contribution in [0.1, 0.15) is 52.9 Å². The summed E-state index contributed by atoms with van der Waals surface area (Å²) in [5, 5.41) is 9.37. The first-order valence-electron chi connectivity index (χ1n) is 7.19. The lowest BCUT2D eigenvalue weighted by molar-refractivity contribution is -0.121. The third-order valence-corrected chi connectivity index (χ3v) is 3.10. The average Bonchev–Trinajstić information content (AvgIpc) is 2.33. The first kappa shape index (κ1) is 15.8. The van der Waals surface area contributed by atoms with E-state index in [4.69, 9.17) is 0 Å². The summed E-state index contributed by atoms with van der Waals surface area (Å²) in [6.45, 7) is 6.17. The van der Waals surface area contributed by atoms with Gasteiger partial charge in [0.2, 0.25) is 5.91 Å². The molecule has 1 rings (SSSR count). The zero-order chi connectivity index (χ0) is 14.3. The summed E-state index contributed by atoms with van der Waals surface area (Å²) in [5.74, 6) is 0.704. The van der Waals surface area contributed by atoms with Crippen molar-refractivity contribution in [2.24, 2.45) is 4.99 Å². The second-order valence-electron chi connectivity index (χ2n) is 6.20. The van der Waals surface area contributed by atoms with Crippen LogP contribution in [0.5, 0.6) is 0 Å². The Hall–Kier alpha value is -1.26. The standard InChI is InChI=1S/C14H28N4O/c1-14(2,3)18-12(19)10-16-13(15-4)17-11-8-6-5-7-9-11/h11H,5-10H2,1-4H3,(H,18,19)(H2,15,16,17). The number of nitrogens with zero attached hydrogens (tertiary/aromatic N) is 1. The highest BCUT2D eigenvalue weighted by Crippen LogP contribution is 2.17. The van der Waals surface area contributed by atoms with Crippen LogP contribution in [0.15, 0.2) is 4.99 Å². The summed E-state index contributed by atoms with van der Waals surface area (Å²) in [6, 6.07) is 0.491. The molecular formula is C14H28N4O. The fourth-order valence-electron chi connectivity index (χ4n) is 2.26. The molecule has 0 unspecified atom stereocenters. The van der Waals surface area contributed by atoms with Gasteiger partial charge in [0.25, 0.3) is 0 Å². The van der Waals surface area contributed by atoms with Crippen LogP contribution in [-0.4, -0.2) is 37.0 Å². The fourth-order valence-corrected chi connectivity index (χ4v) is 2.26. The van der Waals surface area contributed by atoms with E-state index in [-0.39, 0.29) is 18.0 Å². The van der Waals surface area contributed by atoms with Crippen LogP contribution in [0, 0.1) is 0 Å². The minimum atomic E-state index is -0.195. The van der Waals surface area contributed by atoms with E-state index in [1.54, 1.807) is 7.05 Å². The molecule has 0 heterocycles. The Balaban J connectivity index is 2.30. The second kappa shape index (κ2) is 7.36. The number of guanidine groups is 1. The highest BCUT2D eigenvalue weighted by molar-refractivity contribution is 5.86. The van der Waals surface area contributed by atoms with Gasteiger partial charge in [0.15, 0.2) is 5.96 Å². The van der Waals surface area contributed by atoms with Crippen LogP contribution in [0.25, 0.3) is 0 Å². The van der Waals surface area contributed by atoms with Crippen LogP contribution >= 0.6 is 0 Å². The fraction of sp³-hybridized carbons (Fsp3) is 0.857. The minimum Gasteiger partial charge on any atom is -0.354 e. The summed E-state index contributed by atoms with van der Waals surface area (Å²) >= 11 is 0. The molecule has 19 heavy (non-hydrogen) atoms. The molecule has 0 aromatic rings. The zero-order valence-corrected chi connectivity index (χ0v) is 12.7. The molecular weight excluding hydrogens is 240 g/mol. The van der Waals surface area contributed by atoms with E-state index in [9.17, 15) is 4.79 Å². The van der Waals surface area contributed by atoms with Gasteiger partial charge >= 0.3 is 0 Å². The van der Waals surface area contributed by atoms with Gasteiger partial charge in [0.05, 0.1) is 6.54 Å². The molecule has 110 valence electrons. The predicted octanol–water partition coefficient (Wildman–Crippen LogP) is 1.40. The molecule has 0 saturated heterocycles. The Bertz CT molecular complexity index is 314. The number of carbonyl (C=O) groups is 1. The topological polar surface area (TPSA) is 65.5 Å². The Labute approximate surface area is 116 Å². The van der Waals surface area contributed by atoms with Crippen LogP contribution in [0.2, 0.25) is 0 Å². The first-order chi connectivity index (χ1) is 8.90. The number of rotatable bonds is 3. The number of hydrogen-bond acceptors (Lipinski definition) is 2. The molecule has 0 aliphatic heterocycles. The highest BCUT2D eigenvalue weighted by Gasteiger charge is 2.16. The lowest BCUT2D eigenvalue weighted by atomic mass is 9.96. The number of nitrogens with one attached hydrogen (secondary N) is 3. The van der Waals surface area contributed by atoms with Gasteiger partial charge in [-0.1, -0.05) is 19.3 Å². The van der Waals surface area contributed by atoms with E-state index in [2.05, 4.69) is 20.9 Å². The Morgan fingerprint density at radius 3 is 2.37 bits per heavy atom. The van der Waals surface area contributed by atoms with Gasteiger partial charge in [-0.15, -0.1) is 0 Å². The third-order valence-electron chi connectivity index (χ3n) is 3.10. The van der Waals surface area contributed by atoms with Gasteiger partial charge in [-0.05, 0) is 33.6 Å². The Morgan fingerprint density at radius 2 is 1.84 bits per heavy atom. The Morgan fingerprint density at radius 1 is 1.21 bits per heavy atom. The second-order valence-corrected chi connectivity index (χ2v) is 6.20. The normalized spacial score (nSPS) is 18.0. The van der Waals surface area contributed by atoms with Crippen molar-refractivity contribution in [3.05, 3.63) is 0 Å². The van der Waals surface area contributed by atoms with Crippen molar-refractivity contribution < 1.29 is 4.79 Å². The average molecular weight is 268 g/mol. The van der Waals surface area contributed by atoms with E-state index < -0.39 is 0 Å². The maximum Gasteiger partial charge on any atom is 0.239 e. The lowest BCUT2D eigenvalue weighted by Crippen LogP contribution is -2.50. The number of carbonyl (C=O) groups excluding carboxylic acids is 1. The van der Waals surface area contributed by atoms with Gasteiger partial charge < -0.3 is 16.0 Å². The third kappa shape index (κ3) is 7.03. The molecule has 1 saturated carbocycles. The molecule has 1 amide bonds. The highest BCUT2D eigenvalue weighted by atomic mass is 16.2. The maximum absolute atomic E-state index is 11.7. The van der Waals surface area contributed by atoms with Crippen LogP contribution in [-0.2, 0) is 4.79 Å². The van der Waals surface area contributed by atoms with Crippen molar-refractivity contribution in [2.75, 3.05) is 13.6 Å². The predicted molar refractivity (Wildman–Crippen MR) is 79.3 cm³/mol. The summed E-state index contributed by atoms with van der Waals surface area (Å²) < 4.78 is 0. The molecule has 0 radical (unpaired) electrons. The van der Waals surface area contributed by atoms with Crippen molar-refractivity contribution >= 4 is 11.9 Å². The van der Waals surface area contributed by atoms with Gasteiger partial charge in [-0.2, -0.15) is 0 Å². The zero-order valence-electron chi connectivity index (χ0n) is 12.7. The monoisotopic (exact) mass is 268 g/mol. The van der Waals surface area contributed by atoms with Crippen molar-refractivity contribution in [3.63, 3.8) is 0 Å². The molecule has 0 aromatic heterocycles. The first-order valence-corrected chi connectivity index (χ1v) is 7.19. The van der Waals surface area contributed by atoms with Crippen LogP contribution < -0.4 is 16.0 Å². The molecule has 1 aliphatic carbocycles. The van der Waals surface area contributed by atoms with Crippen LogP contribution in [0.4, 0.5) is 0 Å². The molecule has 3 N–H and O–H groups in total. The van der Waals surface area contributed by atoms with Crippen molar-refractivity contribution in [3.8, 4) is 0 Å². The van der Waals surface area contributed by atoms with E-state index in [1.165, 1.54) is 32.1 Å². The molecule has 0 atom stereocenters. The van der Waals surface area contributed by atoms with E-state index in [0.717, 1.165) is 5.96 Å². The number of aliphatic imine (C=N–C) groups is 1. The van der Waals surface area contributed by atoms with E-state index in [1.807, 2.05) is 20.8 Å². The number of amides is 1. The summed E-state index contributed by atoms with van der Waals surface area (Å²) in [6.07, 6.45) is 6.26. The van der Waals surface area contributed by atoms with Gasteiger partial charge in [0.1, 0.15) is 0 Å². The largest absolute Gasteiger partial charge is 0.354 e. The lowest BCUT2D eigenvalue weighted by Gasteiger charge is -2.25. The van der Waals surface area contributed by atoms with Crippen LogP contribution in [0.3, 0.4) is 0 Å². The van der Waals surface area contributed by atoms with Crippen molar-refractivity contribution in [2.45, 2.75) is 64.5 Å². The molecule has 0 aromatic carbocycles. The van der Waals surface area contributed by atoms with E-state index in [0.29, 0.717) is 6.04 Å². The Kier molecular flexibility index (Phi) is 6.12. The molecule has 5 nitrogen and oxygen atoms in total. The van der Waals surface area contributed by atoms with E-state index >= 15 is 0 Å². The molecule has 1 aliphatic rings. The van der Waals surface area contributed by atoms with Crippen molar-refractivity contribution in [1.29, 1.82) is 0 Å². The molecule has 0 spiro atoms. The summed E-state index contributed by atoms with van der Waals surface area (Å²) in [7, 11) is 1.74. The maximum atomic E-state index is 11.7. The van der Waals surface area contributed by atoms with Gasteiger partial charge in [-0.3, -0.25) is 9.79 Å². The summed E-state index contributed by atoms with van der Waals surface area (Å²) in [5.41, 5.74) is -0.195. The molecule has 1 fully saturated rings. The number of hydrogen-bond donors (Lipinski definition) is 3. The molecule has 5 heteroatoms. The quantitative estimate of drug-likeness (QED) is 0.535. The van der Waals surface area contributed by atoms with Gasteiger partial charge in [-0.25, -0.2) is 0 Å². The molecule has 0 bridgehead atoms. The SMILES string of the molecule is CN=C(NCC(=O)NC(C)(C)C)NC1CCCCC1. The van der Waals surface area contributed by atoms with Crippen molar-refractivity contribution in [1.82, 2.24) is 16.0 Å². The minimum absolute atomic E-state index is 0.0147. The van der Waals surface area contributed by atoms with Gasteiger partial charge in [0, 0.05) is 18.6 Å². The summed E-state index contributed by atoms with van der Waals surface area (Å²) in [4.78, 5) is 15.9.